The maximum absolute atomic E-state index is 14.3. The summed E-state index contributed by atoms with van der Waals surface area (Å²) in [5, 5.41) is 18.9. The quantitative estimate of drug-likeness (QED) is 0.432. The fourth-order valence-electron chi connectivity index (χ4n) is 3.28. The van der Waals surface area contributed by atoms with Crippen LogP contribution in [0.5, 0.6) is 0 Å². The summed E-state index contributed by atoms with van der Waals surface area (Å²) in [7, 11) is 0. The van der Waals surface area contributed by atoms with E-state index >= 15 is 0 Å². The van der Waals surface area contributed by atoms with E-state index in [1.165, 1.54) is 22.9 Å². The van der Waals surface area contributed by atoms with Gasteiger partial charge >= 0.3 is 6.18 Å². The zero-order valence-corrected chi connectivity index (χ0v) is 16.8. The van der Waals surface area contributed by atoms with E-state index in [1.807, 2.05) is 0 Å². The molecule has 0 radical (unpaired) electrons. The van der Waals surface area contributed by atoms with Crippen LogP contribution in [0.2, 0.25) is 5.02 Å². The highest BCUT2D eigenvalue weighted by molar-refractivity contribution is 6.30. The van der Waals surface area contributed by atoms with Crippen molar-refractivity contribution in [3.8, 4) is 0 Å². The molecule has 31 heavy (non-hydrogen) atoms. The number of hydrogen-bond donors (Lipinski definition) is 1. The predicted octanol–water partition coefficient (Wildman–Crippen LogP) is 5.06. The third-order valence-electron chi connectivity index (χ3n) is 4.85. The Balaban J connectivity index is 1.81. The van der Waals surface area contributed by atoms with E-state index in [0.717, 1.165) is 18.2 Å². The van der Waals surface area contributed by atoms with Crippen molar-refractivity contribution in [2.24, 2.45) is 0 Å². The summed E-state index contributed by atoms with van der Waals surface area (Å²) in [5.74, 6) is -0.132. The number of benzene rings is 2. The van der Waals surface area contributed by atoms with Crippen molar-refractivity contribution in [2.45, 2.75) is 26.1 Å². The average molecular weight is 451 g/mol. The minimum absolute atomic E-state index is 0.0597. The third kappa shape index (κ3) is 4.29. The van der Waals surface area contributed by atoms with E-state index in [1.54, 1.807) is 13.0 Å². The highest BCUT2D eigenvalue weighted by Crippen LogP contribution is 2.33. The van der Waals surface area contributed by atoms with Gasteiger partial charge in [0.15, 0.2) is 5.82 Å². The van der Waals surface area contributed by atoms with Gasteiger partial charge in [-0.1, -0.05) is 29.8 Å². The van der Waals surface area contributed by atoms with Crippen LogP contribution in [0.25, 0.3) is 16.5 Å². The van der Waals surface area contributed by atoms with Gasteiger partial charge in [-0.2, -0.15) is 18.3 Å². The second kappa shape index (κ2) is 8.10. The largest absolute Gasteiger partial charge is 0.416 e. The summed E-state index contributed by atoms with van der Waals surface area (Å²) in [6, 6.07) is 7.55. The Kier molecular flexibility index (Phi) is 5.48. The van der Waals surface area contributed by atoms with Crippen LogP contribution < -0.4 is 0 Å². The Morgan fingerprint density at radius 2 is 2.00 bits per heavy atom. The highest BCUT2D eigenvalue weighted by atomic mass is 35.5. The fourth-order valence-corrected chi connectivity index (χ4v) is 3.44. The summed E-state index contributed by atoms with van der Waals surface area (Å²) < 4.78 is 55.6. The molecule has 0 fully saturated rings. The fraction of sp³-hybridized carbons (Fsp3) is 0.200. The monoisotopic (exact) mass is 450 g/mol. The maximum atomic E-state index is 14.3. The average Bonchev–Trinajstić information content (AvgIpc) is 3.36. The molecule has 4 aromatic rings. The highest BCUT2D eigenvalue weighted by Gasteiger charge is 2.31. The van der Waals surface area contributed by atoms with Crippen molar-refractivity contribution in [3.63, 3.8) is 0 Å². The minimum atomic E-state index is -4.52. The Morgan fingerprint density at radius 1 is 1.19 bits per heavy atom. The third-order valence-corrected chi connectivity index (χ3v) is 5.08. The van der Waals surface area contributed by atoms with Crippen LogP contribution in [-0.4, -0.2) is 30.4 Å². The van der Waals surface area contributed by atoms with E-state index in [9.17, 15) is 17.6 Å². The molecule has 0 aliphatic rings. The number of aromatic nitrogens is 6. The Bertz CT molecular complexity index is 1260. The number of nitrogens with zero attached hydrogens (tertiary/aromatic N) is 5. The van der Waals surface area contributed by atoms with Crippen molar-refractivity contribution in [1.29, 1.82) is 0 Å². The van der Waals surface area contributed by atoms with Gasteiger partial charge in [-0.3, -0.25) is 4.68 Å². The standard InChI is InChI=1S/C20H15ClF4N6/c1-2-11(19-26-29-30-27-19)7-17-15-6-4-13(20(23,24)25)8-18(15)31(28-17)10-12-3-5-14(21)9-16(12)22/h2-6,8-9H,7,10H2,1H3,(H,26,27,29,30). The number of alkyl halides is 3. The Labute approximate surface area is 178 Å². The van der Waals surface area contributed by atoms with E-state index in [2.05, 4.69) is 25.7 Å². The number of fused-ring (bicyclic) bond motifs is 1. The first-order valence-corrected chi connectivity index (χ1v) is 9.54. The number of aromatic amines is 1. The number of H-pyrrole nitrogens is 1. The Hall–Kier alpha value is -3.27. The smallest absolute Gasteiger partial charge is 0.260 e. The maximum Gasteiger partial charge on any atom is 0.416 e. The van der Waals surface area contributed by atoms with Crippen LogP contribution in [0, 0.1) is 5.82 Å². The summed E-state index contributed by atoms with van der Waals surface area (Å²) in [5.41, 5.74) is 0.917. The molecule has 6 nitrogen and oxygen atoms in total. The number of rotatable bonds is 5. The van der Waals surface area contributed by atoms with Gasteiger partial charge in [0.25, 0.3) is 0 Å². The lowest BCUT2D eigenvalue weighted by molar-refractivity contribution is -0.137. The van der Waals surface area contributed by atoms with Crippen LogP contribution in [0.15, 0.2) is 42.5 Å². The van der Waals surface area contributed by atoms with Crippen LogP contribution in [0.3, 0.4) is 0 Å². The van der Waals surface area contributed by atoms with Crippen molar-refractivity contribution in [3.05, 3.63) is 76.0 Å². The van der Waals surface area contributed by atoms with Gasteiger partial charge in [0.2, 0.25) is 0 Å². The first kappa shape index (κ1) is 21.0. The van der Waals surface area contributed by atoms with Gasteiger partial charge in [-0.05, 0) is 41.6 Å². The van der Waals surface area contributed by atoms with Crippen molar-refractivity contribution in [1.82, 2.24) is 30.4 Å². The lowest BCUT2D eigenvalue weighted by Crippen LogP contribution is -2.07. The van der Waals surface area contributed by atoms with Crippen LogP contribution in [0.4, 0.5) is 17.6 Å². The summed E-state index contributed by atoms with van der Waals surface area (Å²) in [6.45, 7) is 1.73. The molecule has 11 heteroatoms. The molecular formula is C20H15ClF4N6. The molecular weight excluding hydrogens is 436 g/mol. The van der Waals surface area contributed by atoms with Gasteiger partial charge in [-0.25, -0.2) is 9.49 Å². The van der Waals surface area contributed by atoms with Gasteiger partial charge in [-0.15, -0.1) is 5.10 Å². The zero-order chi connectivity index (χ0) is 22.2. The van der Waals surface area contributed by atoms with E-state index in [-0.39, 0.29) is 29.1 Å². The second-order valence-electron chi connectivity index (χ2n) is 6.81. The molecule has 0 unspecified atom stereocenters. The molecule has 0 atom stereocenters. The molecule has 1 N–H and O–H groups in total. The summed E-state index contributed by atoms with van der Waals surface area (Å²) in [6.07, 6.45) is -2.46. The van der Waals surface area contributed by atoms with Gasteiger partial charge in [0.1, 0.15) is 5.82 Å². The SMILES string of the molecule is CC=C(Cc1nn(Cc2ccc(Cl)cc2F)c2cc(C(F)(F)F)ccc12)c1nnn[nH]1. The summed E-state index contributed by atoms with van der Waals surface area (Å²) >= 11 is 5.80. The first-order chi connectivity index (χ1) is 14.8. The van der Waals surface area contributed by atoms with E-state index < -0.39 is 17.6 Å². The van der Waals surface area contributed by atoms with Gasteiger partial charge in [0, 0.05) is 28.0 Å². The number of halogens is 5. The molecule has 0 saturated heterocycles. The molecule has 2 heterocycles. The van der Waals surface area contributed by atoms with Gasteiger partial charge < -0.3 is 0 Å². The number of hydrogen-bond acceptors (Lipinski definition) is 4. The van der Waals surface area contributed by atoms with Crippen LogP contribution >= 0.6 is 11.6 Å². The lowest BCUT2D eigenvalue weighted by Gasteiger charge is -2.09. The van der Waals surface area contributed by atoms with Gasteiger partial charge in [0.05, 0.1) is 23.3 Å². The molecule has 4 rings (SSSR count). The molecule has 0 aliphatic heterocycles. The Morgan fingerprint density at radius 3 is 2.65 bits per heavy atom. The first-order valence-electron chi connectivity index (χ1n) is 9.16. The summed E-state index contributed by atoms with van der Waals surface area (Å²) in [4.78, 5) is 0. The molecule has 160 valence electrons. The molecule has 0 amide bonds. The van der Waals surface area contributed by atoms with Crippen molar-refractivity contribution >= 4 is 28.1 Å². The second-order valence-corrected chi connectivity index (χ2v) is 7.25. The molecule has 0 spiro atoms. The van der Waals surface area contributed by atoms with Crippen LogP contribution in [-0.2, 0) is 19.1 Å². The lowest BCUT2D eigenvalue weighted by atomic mass is 10.0. The number of tetrazole rings is 1. The number of allylic oxidation sites excluding steroid dienone is 2. The van der Waals surface area contributed by atoms with E-state index in [0.29, 0.717) is 22.5 Å². The van der Waals surface area contributed by atoms with Crippen molar-refractivity contribution in [2.75, 3.05) is 0 Å². The molecule has 0 aliphatic carbocycles. The number of nitrogens with one attached hydrogen (secondary N) is 1. The molecule has 2 aromatic carbocycles. The minimum Gasteiger partial charge on any atom is -0.260 e. The van der Waals surface area contributed by atoms with E-state index in [4.69, 9.17) is 11.6 Å². The topological polar surface area (TPSA) is 72.3 Å². The zero-order valence-electron chi connectivity index (χ0n) is 16.1. The predicted molar refractivity (Wildman–Crippen MR) is 107 cm³/mol. The molecule has 2 aromatic heterocycles. The molecule has 0 bridgehead atoms. The molecule has 0 saturated carbocycles. The van der Waals surface area contributed by atoms with Crippen LogP contribution in [0.1, 0.15) is 29.6 Å². The normalized spacial score (nSPS) is 12.6. The van der Waals surface area contributed by atoms with Crippen molar-refractivity contribution < 1.29 is 17.6 Å².